The fraction of sp³-hybridized carbons (Fsp3) is 0.909. The summed E-state index contributed by atoms with van der Waals surface area (Å²) in [6.45, 7) is 5.36. The normalized spacial score (nSPS) is 19.1. The number of hydrogen-bond acceptors (Lipinski definition) is 3. The molecule has 0 aromatic rings. The molecule has 0 spiro atoms. The van der Waals surface area contributed by atoms with Crippen molar-refractivity contribution in [2.24, 2.45) is 5.92 Å². The van der Waals surface area contributed by atoms with Crippen LogP contribution < -0.4 is 10.6 Å². The second-order valence-electron chi connectivity index (χ2n) is 4.13. The van der Waals surface area contributed by atoms with Gasteiger partial charge in [0.1, 0.15) is 0 Å². The van der Waals surface area contributed by atoms with E-state index in [2.05, 4.69) is 17.6 Å². The second kappa shape index (κ2) is 7.81. The number of methoxy groups -OCH3 is 1. The number of nitrogens with one attached hydrogen (secondary N) is 2. The zero-order chi connectivity index (χ0) is 11.8. The van der Waals surface area contributed by atoms with Crippen molar-refractivity contribution in [3.05, 3.63) is 0 Å². The summed E-state index contributed by atoms with van der Waals surface area (Å²) >= 11 is 5.20. The largest absolute Gasteiger partial charge is 0.383 e. The second-order valence-corrected chi connectivity index (χ2v) is 4.54. The summed E-state index contributed by atoms with van der Waals surface area (Å²) < 4.78 is 10.3. The van der Waals surface area contributed by atoms with E-state index in [-0.39, 0.29) is 0 Å². The van der Waals surface area contributed by atoms with Gasteiger partial charge < -0.3 is 20.1 Å². The van der Waals surface area contributed by atoms with Crippen molar-refractivity contribution in [2.75, 3.05) is 33.5 Å². The topological polar surface area (TPSA) is 42.5 Å². The van der Waals surface area contributed by atoms with Crippen molar-refractivity contribution >= 4 is 17.3 Å². The molecule has 0 aromatic heterocycles. The molecular weight excluding hydrogens is 224 g/mol. The minimum Gasteiger partial charge on any atom is -0.383 e. The molecule has 1 aliphatic rings. The van der Waals surface area contributed by atoms with Gasteiger partial charge in [-0.3, -0.25) is 0 Å². The highest BCUT2D eigenvalue weighted by Gasteiger charge is 2.20. The maximum atomic E-state index is 5.34. The summed E-state index contributed by atoms with van der Waals surface area (Å²) in [7, 11) is 1.68. The van der Waals surface area contributed by atoms with Crippen molar-refractivity contribution in [1.82, 2.24) is 10.6 Å². The third-order valence-corrected chi connectivity index (χ3v) is 3.19. The molecule has 1 aliphatic heterocycles. The number of rotatable bonds is 5. The predicted molar refractivity (Wildman–Crippen MR) is 68.6 cm³/mol. The van der Waals surface area contributed by atoms with Crippen LogP contribution in [0, 0.1) is 5.92 Å². The lowest BCUT2D eigenvalue weighted by Gasteiger charge is -2.29. The van der Waals surface area contributed by atoms with E-state index in [9.17, 15) is 0 Å². The minimum atomic E-state index is 0.409. The molecule has 1 rings (SSSR count). The van der Waals surface area contributed by atoms with Gasteiger partial charge in [-0.25, -0.2) is 0 Å². The minimum absolute atomic E-state index is 0.409. The van der Waals surface area contributed by atoms with Crippen molar-refractivity contribution in [1.29, 1.82) is 0 Å². The number of ether oxygens (including phenoxy) is 2. The first-order valence-electron chi connectivity index (χ1n) is 5.85. The molecule has 0 aliphatic carbocycles. The van der Waals surface area contributed by atoms with E-state index in [4.69, 9.17) is 21.7 Å². The van der Waals surface area contributed by atoms with Crippen LogP contribution in [0.5, 0.6) is 0 Å². The zero-order valence-corrected chi connectivity index (χ0v) is 10.9. The van der Waals surface area contributed by atoms with Gasteiger partial charge in [-0.15, -0.1) is 0 Å². The van der Waals surface area contributed by atoms with Gasteiger partial charge in [0.15, 0.2) is 5.11 Å². The van der Waals surface area contributed by atoms with Crippen LogP contribution in [0.25, 0.3) is 0 Å². The van der Waals surface area contributed by atoms with Gasteiger partial charge in [-0.05, 0) is 37.9 Å². The molecule has 0 saturated carbocycles. The van der Waals surface area contributed by atoms with Crippen LogP contribution in [0.3, 0.4) is 0 Å². The standard InChI is InChI=1S/C11H22N2O2S/c1-9(10-3-6-15-7-4-10)13-11(16)12-5-8-14-2/h9-10H,3-8H2,1-2H3,(H2,12,13,16). The van der Waals surface area contributed by atoms with Crippen molar-refractivity contribution in [2.45, 2.75) is 25.8 Å². The zero-order valence-electron chi connectivity index (χ0n) is 10.1. The summed E-state index contributed by atoms with van der Waals surface area (Å²) in [6, 6.07) is 0.409. The Kier molecular flexibility index (Phi) is 6.68. The van der Waals surface area contributed by atoms with Gasteiger partial charge in [0.25, 0.3) is 0 Å². The van der Waals surface area contributed by atoms with Crippen molar-refractivity contribution in [3.63, 3.8) is 0 Å². The first kappa shape index (κ1) is 13.7. The molecule has 0 aromatic carbocycles. The van der Waals surface area contributed by atoms with Crippen LogP contribution in [-0.2, 0) is 9.47 Å². The van der Waals surface area contributed by atoms with Gasteiger partial charge in [-0.2, -0.15) is 0 Å². The Morgan fingerprint density at radius 1 is 1.50 bits per heavy atom. The molecule has 2 N–H and O–H groups in total. The summed E-state index contributed by atoms with van der Waals surface area (Å²) in [5.74, 6) is 0.663. The van der Waals surface area contributed by atoms with E-state index in [1.54, 1.807) is 7.11 Å². The maximum Gasteiger partial charge on any atom is 0.166 e. The van der Waals surface area contributed by atoms with E-state index < -0.39 is 0 Å². The van der Waals surface area contributed by atoms with Crippen molar-refractivity contribution in [3.8, 4) is 0 Å². The Morgan fingerprint density at radius 2 is 2.19 bits per heavy atom. The van der Waals surface area contributed by atoms with Crippen molar-refractivity contribution < 1.29 is 9.47 Å². The Hall–Kier alpha value is -0.390. The molecule has 1 unspecified atom stereocenters. The Labute approximate surface area is 103 Å². The molecule has 1 atom stereocenters. The van der Waals surface area contributed by atoms with Gasteiger partial charge in [0.2, 0.25) is 0 Å². The third kappa shape index (κ3) is 5.09. The van der Waals surface area contributed by atoms with E-state index in [0.717, 1.165) is 37.7 Å². The molecule has 1 fully saturated rings. The van der Waals surface area contributed by atoms with E-state index >= 15 is 0 Å². The number of thiocarbonyl (C=S) groups is 1. The van der Waals surface area contributed by atoms with Gasteiger partial charge in [0.05, 0.1) is 6.61 Å². The van der Waals surface area contributed by atoms with Crippen LogP contribution in [0.1, 0.15) is 19.8 Å². The quantitative estimate of drug-likeness (QED) is 0.557. The molecule has 94 valence electrons. The van der Waals surface area contributed by atoms with Crippen LogP contribution in [0.4, 0.5) is 0 Å². The highest BCUT2D eigenvalue weighted by Crippen LogP contribution is 2.18. The van der Waals surface area contributed by atoms with E-state index in [1.165, 1.54) is 0 Å². The molecule has 0 bridgehead atoms. The Morgan fingerprint density at radius 3 is 2.81 bits per heavy atom. The molecule has 1 saturated heterocycles. The smallest absolute Gasteiger partial charge is 0.166 e. The van der Waals surface area contributed by atoms with Crippen LogP contribution >= 0.6 is 12.2 Å². The average Bonchev–Trinajstić information content (AvgIpc) is 2.30. The lowest BCUT2D eigenvalue weighted by molar-refractivity contribution is 0.0582. The molecular formula is C11H22N2O2S. The maximum absolute atomic E-state index is 5.34. The Balaban J connectivity index is 2.16. The molecule has 1 heterocycles. The molecule has 16 heavy (non-hydrogen) atoms. The fourth-order valence-electron chi connectivity index (χ4n) is 1.86. The first-order chi connectivity index (χ1) is 7.74. The summed E-state index contributed by atoms with van der Waals surface area (Å²) in [6.07, 6.45) is 2.24. The van der Waals surface area contributed by atoms with Crippen LogP contribution in [0.2, 0.25) is 0 Å². The van der Waals surface area contributed by atoms with Gasteiger partial charge >= 0.3 is 0 Å². The molecule has 4 nitrogen and oxygen atoms in total. The highest BCUT2D eigenvalue weighted by atomic mass is 32.1. The SMILES string of the molecule is COCCNC(=S)NC(C)C1CCOCC1. The lowest BCUT2D eigenvalue weighted by Crippen LogP contribution is -2.45. The third-order valence-electron chi connectivity index (χ3n) is 2.92. The molecule has 5 heteroatoms. The van der Waals surface area contributed by atoms with Gasteiger partial charge in [0, 0.05) is 32.9 Å². The highest BCUT2D eigenvalue weighted by molar-refractivity contribution is 7.80. The lowest BCUT2D eigenvalue weighted by atomic mass is 9.93. The van der Waals surface area contributed by atoms with Crippen LogP contribution in [0.15, 0.2) is 0 Å². The summed E-state index contributed by atoms with van der Waals surface area (Å²) in [4.78, 5) is 0. The van der Waals surface area contributed by atoms with E-state index in [0.29, 0.717) is 18.6 Å². The number of hydrogen-bond donors (Lipinski definition) is 2. The predicted octanol–water partition coefficient (Wildman–Crippen LogP) is 0.912. The van der Waals surface area contributed by atoms with Crippen LogP contribution in [-0.4, -0.2) is 44.6 Å². The molecule has 0 amide bonds. The monoisotopic (exact) mass is 246 g/mol. The molecule has 0 radical (unpaired) electrons. The van der Waals surface area contributed by atoms with Gasteiger partial charge in [-0.1, -0.05) is 0 Å². The van der Waals surface area contributed by atoms with E-state index in [1.807, 2.05) is 0 Å². The fourth-order valence-corrected chi connectivity index (χ4v) is 2.15. The summed E-state index contributed by atoms with van der Waals surface area (Å²) in [5, 5.41) is 7.15. The average molecular weight is 246 g/mol. The first-order valence-corrected chi connectivity index (χ1v) is 6.26. The summed E-state index contributed by atoms with van der Waals surface area (Å²) in [5.41, 5.74) is 0. The Bertz CT molecular complexity index is 208.